The summed E-state index contributed by atoms with van der Waals surface area (Å²) < 4.78 is 10.4. The van der Waals surface area contributed by atoms with Gasteiger partial charge in [0.15, 0.2) is 6.10 Å². The van der Waals surface area contributed by atoms with E-state index in [9.17, 15) is 4.79 Å². The SMILES string of the molecule is COc1cccc(C(C)N2CCOC(C(=O)O)C2)c1. The average molecular weight is 265 g/mol. The van der Waals surface area contributed by atoms with E-state index >= 15 is 0 Å². The standard InChI is InChI=1S/C14H19NO4/c1-10(11-4-3-5-12(8-11)18-2)15-6-7-19-13(9-15)14(16)17/h3-5,8,10,13H,6-7,9H2,1-2H3,(H,16,17). The molecule has 2 unspecified atom stereocenters. The lowest BCUT2D eigenvalue weighted by Crippen LogP contribution is -2.46. The molecule has 1 saturated heterocycles. The van der Waals surface area contributed by atoms with Crippen molar-refractivity contribution in [2.24, 2.45) is 0 Å². The van der Waals surface area contributed by atoms with Crippen LogP contribution in [0.2, 0.25) is 0 Å². The molecule has 1 fully saturated rings. The second-order valence-corrected chi connectivity index (χ2v) is 4.65. The number of ether oxygens (including phenoxy) is 2. The highest BCUT2D eigenvalue weighted by molar-refractivity contribution is 5.72. The molecule has 104 valence electrons. The van der Waals surface area contributed by atoms with Gasteiger partial charge in [-0.15, -0.1) is 0 Å². The Balaban J connectivity index is 2.09. The van der Waals surface area contributed by atoms with Gasteiger partial charge in [-0.3, -0.25) is 4.90 Å². The van der Waals surface area contributed by atoms with Gasteiger partial charge in [-0.05, 0) is 24.6 Å². The molecule has 19 heavy (non-hydrogen) atoms. The maximum atomic E-state index is 11.0. The van der Waals surface area contributed by atoms with Crippen molar-refractivity contribution in [3.8, 4) is 5.75 Å². The number of rotatable bonds is 4. The van der Waals surface area contributed by atoms with E-state index in [1.165, 1.54) is 0 Å². The van der Waals surface area contributed by atoms with Gasteiger partial charge < -0.3 is 14.6 Å². The maximum absolute atomic E-state index is 11.0. The van der Waals surface area contributed by atoms with Gasteiger partial charge in [0.25, 0.3) is 0 Å². The number of nitrogens with zero attached hydrogens (tertiary/aromatic N) is 1. The first-order chi connectivity index (χ1) is 9.11. The van der Waals surface area contributed by atoms with E-state index in [4.69, 9.17) is 14.6 Å². The Labute approximate surface area is 112 Å². The van der Waals surface area contributed by atoms with Crippen molar-refractivity contribution in [3.63, 3.8) is 0 Å². The molecule has 5 nitrogen and oxygen atoms in total. The minimum Gasteiger partial charge on any atom is -0.497 e. The van der Waals surface area contributed by atoms with E-state index in [1.807, 2.05) is 24.3 Å². The molecular formula is C14H19NO4. The maximum Gasteiger partial charge on any atom is 0.334 e. The van der Waals surface area contributed by atoms with Gasteiger partial charge in [-0.2, -0.15) is 0 Å². The van der Waals surface area contributed by atoms with E-state index in [-0.39, 0.29) is 6.04 Å². The number of benzene rings is 1. The predicted octanol–water partition coefficient (Wildman–Crippen LogP) is 1.54. The molecule has 1 aromatic carbocycles. The van der Waals surface area contributed by atoms with Gasteiger partial charge in [0.05, 0.1) is 13.7 Å². The number of hydrogen-bond acceptors (Lipinski definition) is 4. The summed E-state index contributed by atoms with van der Waals surface area (Å²) in [6.07, 6.45) is -0.734. The minimum atomic E-state index is -0.900. The van der Waals surface area contributed by atoms with Crippen LogP contribution in [0, 0.1) is 0 Å². The van der Waals surface area contributed by atoms with E-state index in [1.54, 1.807) is 7.11 Å². The zero-order valence-corrected chi connectivity index (χ0v) is 11.2. The van der Waals surface area contributed by atoms with Crippen LogP contribution in [0.3, 0.4) is 0 Å². The lowest BCUT2D eigenvalue weighted by atomic mass is 10.1. The molecule has 0 aromatic heterocycles. The van der Waals surface area contributed by atoms with Gasteiger partial charge in [-0.1, -0.05) is 12.1 Å². The van der Waals surface area contributed by atoms with Crippen LogP contribution in [0.25, 0.3) is 0 Å². The molecule has 0 amide bonds. The van der Waals surface area contributed by atoms with Crippen LogP contribution < -0.4 is 4.74 Å². The molecule has 1 N–H and O–H groups in total. The second kappa shape index (κ2) is 6.04. The average Bonchev–Trinajstić information content (AvgIpc) is 2.46. The third kappa shape index (κ3) is 3.24. The Bertz CT molecular complexity index is 449. The summed E-state index contributed by atoms with van der Waals surface area (Å²) in [5.74, 6) is -0.0880. The number of carbonyl (C=O) groups is 1. The van der Waals surface area contributed by atoms with Gasteiger partial charge in [-0.25, -0.2) is 4.79 Å². The molecule has 1 aromatic rings. The molecule has 5 heteroatoms. The number of methoxy groups -OCH3 is 1. The highest BCUT2D eigenvalue weighted by Gasteiger charge is 2.29. The van der Waals surface area contributed by atoms with Gasteiger partial charge in [0.1, 0.15) is 5.75 Å². The van der Waals surface area contributed by atoms with Crippen molar-refractivity contribution in [1.29, 1.82) is 0 Å². The summed E-state index contributed by atoms with van der Waals surface area (Å²) in [5, 5.41) is 9.02. The molecule has 0 aliphatic carbocycles. The first kappa shape index (κ1) is 13.8. The minimum absolute atomic E-state index is 0.140. The fraction of sp³-hybridized carbons (Fsp3) is 0.500. The van der Waals surface area contributed by atoms with Gasteiger partial charge in [0, 0.05) is 19.1 Å². The smallest absolute Gasteiger partial charge is 0.334 e. The van der Waals surface area contributed by atoms with Crippen molar-refractivity contribution < 1.29 is 19.4 Å². The van der Waals surface area contributed by atoms with Crippen LogP contribution in [0.5, 0.6) is 5.75 Å². The van der Waals surface area contributed by atoms with Crippen LogP contribution in [-0.2, 0) is 9.53 Å². The highest BCUT2D eigenvalue weighted by atomic mass is 16.5. The molecule has 2 atom stereocenters. The Morgan fingerprint density at radius 3 is 3.05 bits per heavy atom. The Morgan fingerprint density at radius 2 is 2.37 bits per heavy atom. The number of carboxylic acid groups (broad SMARTS) is 1. The van der Waals surface area contributed by atoms with Crippen LogP contribution in [0.4, 0.5) is 0 Å². The summed E-state index contributed by atoms with van der Waals surface area (Å²) in [5.41, 5.74) is 1.12. The fourth-order valence-corrected chi connectivity index (χ4v) is 2.28. The molecule has 0 saturated carbocycles. The fourth-order valence-electron chi connectivity index (χ4n) is 2.28. The van der Waals surface area contributed by atoms with E-state index in [2.05, 4.69) is 11.8 Å². The van der Waals surface area contributed by atoms with Crippen molar-refractivity contribution in [2.45, 2.75) is 19.1 Å². The predicted molar refractivity (Wildman–Crippen MR) is 70.4 cm³/mol. The summed E-state index contributed by atoms with van der Waals surface area (Å²) in [7, 11) is 1.64. The van der Waals surface area contributed by atoms with Crippen LogP contribution in [-0.4, -0.2) is 48.9 Å². The normalized spacial score (nSPS) is 21.9. The van der Waals surface area contributed by atoms with Crippen LogP contribution >= 0.6 is 0 Å². The van der Waals surface area contributed by atoms with E-state index in [0.717, 1.165) is 17.9 Å². The Morgan fingerprint density at radius 1 is 1.58 bits per heavy atom. The third-order valence-electron chi connectivity index (χ3n) is 3.50. The number of morpholine rings is 1. The molecule has 1 aliphatic heterocycles. The second-order valence-electron chi connectivity index (χ2n) is 4.65. The molecule has 0 bridgehead atoms. The summed E-state index contributed by atoms with van der Waals surface area (Å²) in [6, 6.07) is 7.99. The van der Waals surface area contributed by atoms with E-state index in [0.29, 0.717) is 13.2 Å². The number of aliphatic carboxylic acids is 1. The summed E-state index contributed by atoms with van der Waals surface area (Å²) in [4.78, 5) is 13.1. The third-order valence-corrected chi connectivity index (χ3v) is 3.50. The molecule has 1 aliphatic rings. The Hall–Kier alpha value is -1.59. The van der Waals surface area contributed by atoms with E-state index < -0.39 is 12.1 Å². The number of hydrogen-bond donors (Lipinski definition) is 1. The first-order valence-corrected chi connectivity index (χ1v) is 6.34. The monoisotopic (exact) mass is 265 g/mol. The summed E-state index contributed by atoms with van der Waals surface area (Å²) >= 11 is 0. The highest BCUT2D eigenvalue weighted by Crippen LogP contribution is 2.25. The van der Waals surface area contributed by atoms with Crippen molar-refractivity contribution in [1.82, 2.24) is 4.90 Å². The molecule has 0 radical (unpaired) electrons. The van der Waals surface area contributed by atoms with Crippen molar-refractivity contribution in [3.05, 3.63) is 29.8 Å². The largest absolute Gasteiger partial charge is 0.497 e. The first-order valence-electron chi connectivity index (χ1n) is 6.34. The van der Waals surface area contributed by atoms with Gasteiger partial charge in [0.2, 0.25) is 0 Å². The zero-order chi connectivity index (χ0) is 13.8. The quantitative estimate of drug-likeness (QED) is 0.895. The zero-order valence-electron chi connectivity index (χ0n) is 11.2. The lowest BCUT2D eigenvalue weighted by molar-refractivity contribution is -0.157. The number of carboxylic acids is 1. The van der Waals surface area contributed by atoms with Crippen LogP contribution in [0.1, 0.15) is 18.5 Å². The van der Waals surface area contributed by atoms with Crippen molar-refractivity contribution >= 4 is 5.97 Å². The Kier molecular flexibility index (Phi) is 4.39. The lowest BCUT2D eigenvalue weighted by Gasteiger charge is -2.35. The summed E-state index contributed by atoms with van der Waals surface area (Å²) in [6.45, 7) is 3.67. The molecular weight excluding hydrogens is 246 g/mol. The topological polar surface area (TPSA) is 59.0 Å². The molecule has 0 spiro atoms. The molecule has 1 heterocycles. The van der Waals surface area contributed by atoms with Crippen molar-refractivity contribution in [2.75, 3.05) is 26.8 Å². The molecule has 2 rings (SSSR count). The van der Waals surface area contributed by atoms with Crippen LogP contribution in [0.15, 0.2) is 24.3 Å². The van der Waals surface area contributed by atoms with Gasteiger partial charge >= 0.3 is 5.97 Å².